The van der Waals surface area contributed by atoms with Crippen molar-refractivity contribution >= 4 is 42.1 Å². The van der Waals surface area contributed by atoms with Gasteiger partial charge in [0.1, 0.15) is 5.76 Å². The molecule has 3 rings (SSSR count). The van der Waals surface area contributed by atoms with Gasteiger partial charge in [-0.05, 0) is 50.2 Å². The molecule has 146 valence electrons. The summed E-state index contributed by atoms with van der Waals surface area (Å²) in [5.74, 6) is 2.21. The van der Waals surface area contributed by atoms with Gasteiger partial charge >= 0.3 is 0 Å². The van der Waals surface area contributed by atoms with Crippen LogP contribution in [-0.2, 0) is 11.2 Å². The van der Waals surface area contributed by atoms with E-state index in [0.717, 1.165) is 55.4 Å². The Balaban J connectivity index is 0.00000169. The zero-order chi connectivity index (χ0) is 16.9. The van der Waals surface area contributed by atoms with Gasteiger partial charge in [0.2, 0.25) is 11.8 Å². The molecule has 2 aromatic rings. The summed E-state index contributed by atoms with van der Waals surface area (Å²) in [7, 11) is 0. The second kappa shape index (κ2) is 10.9. The first kappa shape index (κ1) is 23.0. The highest BCUT2D eigenvalue weighted by Gasteiger charge is 2.24. The van der Waals surface area contributed by atoms with E-state index in [2.05, 4.69) is 17.2 Å². The molecule has 0 radical (unpaired) electrons. The van der Waals surface area contributed by atoms with E-state index in [0.29, 0.717) is 18.2 Å². The van der Waals surface area contributed by atoms with Gasteiger partial charge in [-0.15, -0.1) is 36.2 Å². The minimum absolute atomic E-state index is 0. The lowest BCUT2D eigenvalue weighted by molar-refractivity contribution is -0.131. The van der Waals surface area contributed by atoms with E-state index in [1.807, 2.05) is 29.3 Å². The van der Waals surface area contributed by atoms with Crippen LogP contribution in [0.2, 0.25) is 0 Å². The molecular weight excluding hydrogens is 393 g/mol. The molecule has 1 amide bonds. The molecule has 5 nitrogen and oxygen atoms in total. The van der Waals surface area contributed by atoms with Crippen LogP contribution in [0, 0.1) is 12.8 Å². The Hall–Kier alpha value is -1.08. The number of aromatic nitrogens is 1. The number of hydrogen-bond acceptors (Lipinski definition) is 5. The smallest absolute Gasteiger partial charge is 0.236 e. The van der Waals surface area contributed by atoms with E-state index in [1.165, 1.54) is 0 Å². The molecule has 2 aromatic heterocycles. The average molecular weight is 420 g/mol. The zero-order valence-corrected chi connectivity index (χ0v) is 17.6. The van der Waals surface area contributed by atoms with Crippen molar-refractivity contribution < 1.29 is 9.21 Å². The van der Waals surface area contributed by atoms with Gasteiger partial charge in [0.05, 0.1) is 17.0 Å². The number of oxazole rings is 1. The topological polar surface area (TPSA) is 58.4 Å². The summed E-state index contributed by atoms with van der Waals surface area (Å²) >= 11 is 1.59. The van der Waals surface area contributed by atoms with Crippen molar-refractivity contribution in [3.63, 3.8) is 0 Å². The standard InChI is InChI=1S/C18H25N3O2S.2ClH/c1-3-19-12-14-6-8-21(9-7-14)17(22)11-15-13(2)23-18(20-15)16-5-4-10-24-16;;/h4-5,10,14,19H,3,6-9,11-12H2,1-2H3;2*1H. The Kier molecular flexibility index (Phi) is 9.64. The normalized spacial score (nSPS) is 14.6. The van der Waals surface area contributed by atoms with Crippen LogP contribution < -0.4 is 5.32 Å². The van der Waals surface area contributed by atoms with E-state index in [4.69, 9.17) is 4.42 Å². The van der Waals surface area contributed by atoms with Crippen LogP contribution in [0.4, 0.5) is 0 Å². The van der Waals surface area contributed by atoms with Crippen molar-refractivity contribution in [3.05, 3.63) is 29.0 Å². The van der Waals surface area contributed by atoms with E-state index >= 15 is 0 Å². The molecule has 1 aliphatic rings. The molecule has 8 heteroatoms. The van der Waals surface area contributed by atoms with Crippen LogP contribution in [0.1, 0.15) is 31.2 Å². The third-order valence-electron chi connectivity index (χ3n) is 4.59. The summed E-state index contributed by atoms with van der Waals surface area (Å²) in [6.45, 7) is 7.79. The Morgan fingerprint density at radius 3 is 2.73 bits per heavy atom. The monoisotopic (exact) mass is 419 g/mol. The molecule has 0 spiro atoms. The summed E-state index contributed by atoms with van der Waals surface area (Å²) in [6, 6.07) is 3.96. The van der Waals surface area contributed by atoms with Crippen molar-refractivity contribution in [2.24, 2.45) is 5.92 Å². The van der Waals surface area contributed by atoms with Crippen molar-refractivity contribution in [2.45, 2.75) is 33.1 Å². The molecule has 26 heavy (non-hydrogen) atoms. The zero-order valence-electron chi connectivity index (χ0n) is 15.2. The number of hydrogen-bond donors (Lipinski definition) is 1. The van der Waals surface area contributed by atoms with Gasteiger partial charge in [0, 0.05) is 13.1 Å². The van der Waals surface area contributed by atoms with Crippen LogP contribution >= 0.6 is 36.2 Å². The molecule has 0 saturated carbocycles. The fraction of sp³-hybridized carbons (Fsp3) is 0.556. The Labute approximate surface area is 171 Å². The number of carbonyl (C=O) groups excluding carboxylic acids is 1. The van der Waals surface area contributed by atoms with Gasteiger partial charge in [-0.2, -0.15) is 0 Å². The number of halogens is 2. The van der Waals surface area contributed by atoms with Gasteiger partial charge in [-0.25, -0.2) is 4.98 Å². The van der Waals surface area contributed by atoms with Gasteiger partial charge in [0.25, 0.3) is 0 Å². The molecule has 3 heterocycles. The number of carbonyl (C=O) groups is 1. The number of nitrogens with zero attached hydrogens (tertiary/aromatic N) is 2. The van der Waals surface area contributed by atoms with E-state index < -0.39 is 0 Å². The number of amides is 1. The minimum Gasteiger partial charge on any atom is -0.440 e. The number of rotatable bonds is 6. The van der Waals surface area contributed by atoms with Crippen molar-refractivity contribution in [3.8, 4) is 10.8 Å². The second-order valence-electron chi connectivity index (χ2n) is 6.31. The lowest BCUT2D eigenvalue weighted by Crippen LogP contribution is -2.41. The number of nitrogens with one attached hydrogen (secondary N) is 1. The second-order valence-corrected chi connectivity index (χ2v) is 7.26. The molecule has 1 N–H and O–H groups in total. The van der Waals surface area contributed by atoms with Gasteiger partial charge in [-0.3, -0.25) is 4.79 Å². The summed E-state index contributed by atoms with van der Waals surface area (Å²) in [4.78, 5) is 20.1. The number of aryl methyl sites for hydroxylation is 1. The van der Waals surface area contributed by atoms with E-state index in [-0.39, 0.29) is 30.7 Å². The summed E-state index contributed by atoms with van der Waals surface area (Å²) < 4.78 is 5.73. The maximum Gasteiger partial charge on any atom is 0.236 e. The first-order valence-corrected chi connectivity index (χ1v) is 9.54. The average Bonchev–Trinajstić information content (AvgIpc) is 3.24. The number of likely N-dealkylation sites (tertiary alicyclic amines) is 1. The lowest BCUT2D eigenvalue weighted by Gasteiger charge is -2.32. The predicted octanol–water partition coefficient (Wildman–Crippen LogP) is 3.95. The van der Waals surface area contributed by atoms with Crippen molar-refractivity contribution in [2.75, 3.05) is 26.2 Å². The first-order chi connectivity index (χ1) is 11.7. The molecule has 0 unspecified atom stereocenters. The largest absolute Gasteiger partial charge is 0.440 e. The maximum atomic E-state index is 12.6. The minimum atomic E-state index is 0. The third kappa shape index (κ3) is 5.71. The molecule has 0 bridgehead atoms. The predicted molar refractivity (Wildman–Crippen MR) is 111 cm³/mol. The molecule has 1 aliphatic heterocycles. The van der Waals surface area contributed by atoms with Crippen LogP contribution in [-0.4, -0.2) is 42.0 Å². The fourth-order valence-electron chi connectivity index (χ4n) is 3.09. The van der Waals surface area contributed by atoms with E-state index in [9.17, 15) is 4.79 Å². The third-order valence-corrected chi connectivity index (χ3v) is 5.45. The Morgan fingerprint density at radius 2 is 2.12 bits per heavy atom. The van der Waals surface area contributed by atoms with Crippen LogP contribution in [0.5, 0.6) is 0 Å². The first-order valence-electron chi connectivity index (χ1n) is 8.66. The van der Waals surface area contributed by atoms with Crippen LogP contribution in [0.15, 0.2) is 21.9 Å². The number of thiophene rings is 1. The molecule has 0 atom stereocenters. The molecular formula is C18H27Cl2N3O2S. The highest BCUT2D eigenvalue weighted by atomic mass is 35.5. The molecule has 0 aliphatic carbocycles. The fourth-order valence-corrected chi connectivity index (χ4v) is 3.74. The SMILES string of the molecule is CCNCC1CCN(C(=O)Cc2nc(-c3cccs3)oc2C)CC1.Cl.Cl. The highest BCUT2D eigenvalue weighted by molar-refractivity contribution is 7.13. The van der Waals surface area contributed by atoms with Gasteiger partial charge in [0.15, 0.2) is 0 Å². The summed E-state index contributed by atoms with van der Waals surface area (Å²) in [5.41, 5.74) is 0.762. The quantitative estimate of drug-likeness (QED) is 0.769. The van der Waals surface area contributed by atoms with Gasteiger partial charge in [-0.1, -0.05) is 13.0 Å². The van der Waals surface area contributed by atoms with Crippen LogP contribution in [0.25, 0.3) is 10.8 Å². The highest BCUT2D eigenvalue weighted by Crippen LogP contribution is 2.26. The lowest BCUT2D eigenvalue weighted by atomic mass is 9.96. The van der Waals surface area contributed by atoms with Crippen molar-refractivity contribution in [1.82, 2.24) is 15.2 Å². The summed E-state index contributed by atoms with van der Waals surface area (Å²) in [5, 5.41) is 5.40. The Bertz CT molecular complexity index is 668. The maximum absolute atomic E-state index is 12.6. The van der Waals surface area contributed by atoms with E-state index in [1.54, 1.807) is 11.3 Å². The molecule has 1 fully saturated rings. The Morgan fingerprint density at radius 1 is 1.38 bits per heavy atom. The summed E-state index contributed by atoms with van der Waals surface area (Å²) in [6.07, 6.45) is 2.49. The molecule has 1 saturated heterocycles. The van der Waals surface area contributed by atoms with Crippen LogP contribution in [0.3, 0.4) is 0 Å². The number of piperidine rings is 1. The molecule has 0 aromatic carbocycles. The van der Waals surface area contributed by atoms with Gasteiger partial charge < -0.3 is 14.6 Å². The van der Waals surface area contributed by atoms with Crippen molar-refractivity contribution in [1.29, 1.82) is 0 Å².